The predicted octanol–water partition coefficient (Wildman–Crippen LogP) is 2.34. The molecule has 0 atom stereocenters. The molecule has 1 aromatic heterocycles. The molecule has 7 heteroatoms. The highest BCUT2D eigenvalue weighted by Crippen LogP contribution is 2.26. The molecule has 0 bridgehead atoms. The van der Waals surface area contributed by atoms with Crippen LogP contribution in [-0.2, 0) is 4.79 Å². The van der Waals surface area contributed by atoms with Crippen molar-refractivity contribution in [1.29, 1.82) is 0 Å². The van der Waals surface area contributed by atoms with Crippen molar-refractivity contribution in [3.63, 3.8) is 0 Å². The number of methoxy groups -OCH3 is 1. The zero-order valence-electron chi connectivity index (χ0n) is 11.3. The Bertz CT molecular complexity index is 649. The Balaban J connectivity index is 1.97. The summed E-state index contributed by atoms with van der Waals surface area (Å²) >= 11 is 5.77. The SMILES string of the molecule is COc1ccc(N)cc1NC(=O)COc1cncc(Cl)c1. The largest absolute Gasteiger partial charge is 0.495 e. The average Bonchev–Trinajstić information content (AvgIpc) is 2.45. The first-order valence-corrected chi connectivity index (χ1v) is 6.43. The zero-order chi connectivity index (χ0) is 15.2. The summed E-state index contributed by atoms with van der Waals surface area (Å²) in [7, 11) is 1.51. The first kappa shape index (κ1) is 14.9. The lowest BCUT2D eigenvalue weighted by atomic mass is 10.2. The maximum Gasteiger partial charge on any atom is 0.262 e. The van der Waals surface area contributed by atoms with Gasteiger partial charge in [0, 0.05) is 18.0 Å². The molecule has 0 unspecified atom stereocenters. The van der Waals surface area contributed by atoms with Crippen LogP contribution >= 0.6 is 11.6 Å². The lowest BCUT2D eigenvalue weighted by Gasteiger charge is -2.11. The van der Waals surface area contributed by atoms with Gasteiger partial charge in [-0.3, -0.25) is 9.78 Å². The Morgan fingerprint density at radius 2 is 2.19 bits per heavy atom. The average molecular weight is 308 g/mol. The molecule has 0 radical (unpaired) electrons. The van der Waals surface area contributed by atoms with Crippen molar-refractivity contribution in [1.82, 2.24) is 4.98 Å². The third-order valence-corrected chi connectivity index (χ3v) is 2.75. The summed E-state index contributed by atoms with van der Waals surface area (Å²) in [6.07, 6.45) is 2.95. The van der Waals surface area contributed by atoms with E-state index in [-0.39, 0.29) is 12.5 Å². The van der Waals surface area contributed by atoms with Crippen LogP contribution in [0.5, 0.6) is 11.5 Å². The molecule has 1 amide bonds. The van der Waals surface area contributed by atoms with E-state index in [9.17, 15) is 4.79 Å². The Hall–Kier alpha value is -2.47. The number of ether oxygens (including phenoxy) is 2. The second kappa shape index (κ2) is 6.81. The van der Waals surface area contributed by atoms with E-state index in [0.29, 0.717) is 27.9 Å². The molecular formula is C14H14ClN3O3. The molecular weight excluding hydrogens is 294 g/mol. The normalized spacial score (nSPS) is 10.0. The van der Waals surface area contributed by atoms with Crippen LogP contribution in [0.1, 0.15) is 0 Å². The number of carbonyl (C=O) groups is 1. The van der Waals surface area contributed by atoms with Crippen molar-refractivity contribution in [3.8, 4) is 11.5 Å². The van der Waals surface area contributed by atoms with E-state index in [0.717, 1.165) is 0 Å². The van der Waals surface area contributed by atoms with E-state index < -0.39 is 0 Å². The molecule has 1 heterocycles. The van der Waals surface area contributed by atoms with Crippen LogP contribution < -0.4 is 20.5 Å². The van der Waals surface area contributed by atoms with Gasteiger partial charge in [0.05, 0.1) is 24.0 Å². The number of nitrogens with zero attached hydrogens (tertiary/aromatic N) is 1. The summed E-state index contributed by atoms with van der Waals surface area (Å²) in [5, 5.41) is 3.10. The van der Waals surface area contributed by atoms with Crippen molar-refractivity contribution in [3.05, 3.63) is 41.7 Å². The molecule has 0 saturated carbocycles. The number of hydrogen-bond acceptors (Lipinski definition) is 5. The molecule has 0 spiro atoms. The fraction of sp³-hybridized carbons (Fsp3) is 0.143. The van der Waals surface area contributed by atoms with E-state index in [1.54, 1.807) is 24.3 Å². The number of halogens is 1. The summed E-state index contributed by atoms with van der Waals surface area (Å²) in [5.74, 6) is 0.582. The Labute approximate surface area is 126 Å². The quantitative estimate of drug-likeness (QED) is 0.828. The molecule has 2 rings (SSSR count). The molecule has 0 fully saturated rings. The van der Waals surface area contributed by atoms with E-state index in [4.69, 9.17) is 26.8 Å². The highest BCUT2D eigenvalue weighted by molar-refractivity contribution is 6.30. The molecule has 1 aromatic carbocycles. The van der Waals surface area contributed by atoms with Gasteiger partial charge in [-0.25, -0.2) is 0 Å². The minimum Gasteiger partial charge on any atom is -0.495 e. The van der Waals surface area contributed by atoms with Crippen molar-refractivity contribution < 1.29 is 14.3 Å². The van der Waals surface area contributed by atoms with Gasteiger partial charge < -0.3 is 20.5 Å². The second-order valence-electron chi connectivity index (χ2n) is 4.14. The van der Waals surface area contributed by atoms with Gasteiger partial charge in [-0.2, -0.15) is 0 Å². The molecule has 0 aliphatic heterocycles. The van der Waals surface area contributed by atoms with E-state index >= 15 is 0 Å². The number of benzene rings is 1. The molecule has 6 nitrogen and oxygen atoms in total. The third-order valence-electron chi connectivity index (χ3n) is 2.55. The van der Waals surface area contributed by atoms with Gasteiger partial charge in [0.1, 0.15) is 11.5 Å². The minimum atomic E-state index is -0.348. The first-order valence-electron chi connectivity index (χ1n) is 6.05. The van der Waals surface area contributed by atoms with Crippen LogP contribution in [0.25, 0.3) is 0 Å². The van der Waals surface area contributed by atoms with Crippen LogP contribution in [0.2, 0.25) is 5.02 Å². The zero-order valence-corrected chi connectivity index (χ0v) is 12.1. The Kier molecular flexibility index (Phi) is 4.84. The number of nitrogens with one attached hydrogen (secondary N) is 1. The molecule has 2 aromatic rings. The standard InChI is InChI=1S/C14H14ClN3O3/c1-20-13-3-2-10(16)5-12(13)18-14(19)8-21-11-4-9(15)6-17-7-11/h2-7H,8,16H2,1H3,(H,18,19). The van der Waals surface area contributed by atoms with E-state index in [1.807, 2.05) is 0 Å². The van der Waals surface area contributed by atoms with Gasteiger partial charge in [-0.1, -0.05) is 11.6 Å². The molecule has 0 aliphatic carbocycles. The van der Waals surface area contributed by atoms with Gasteiger partial charge in [-0.15, -0.1) is 0 Å². The van der Waals surface area contributed by atoms with E-state index in [1.165, 1.54) is 19.5 Å². The second-order valence-corrected chi connectivity index (χ2v) is 4.57. The number of aromatic nitrogens is 1. The van der Waals surface area contributed by atoms with E-state index in [2.05, 4.69) is 10.3 Å². The number of nitrogens with two attached hydrogens (primary N) is 1. The molecule has 0 aliphatic rings. The summed E-state index contributed by atoms with van der Waals surface area (Å²) in [6.45, 7) is -0.181. The third kappa shape index (κ3) is 4.25. The molecule has 3 N–H and O–H groups in total. The summed E-state index contributed by atoms with van der Waals surface area (Å²) in [6, 6.07) is 6.54. The summed E-state index contributed by atoms with van der Waals surface area (Å²) < 4.78 is 10.4. The number of anilines is 2. The number of amides is 1. The van der Waals surface area contributed by atoms with Crippen molar-refractivity contribution in [2.75, 3.05) is 24.8 Å². The number of nitrogen functional groups attached to an aromatic ring is 1. The van der Waals surface area contributed by atoms with Gasteiger partial charge in [0.2, 0.25) is 0 Å². The molecule has 110 valence electrons. The number of carbonyl (C=O) groups excluding carboxylic acids is 1. The van der Waals surface area contributed by atoms with Gasteiger partial charge in [-0.05, 0) is 18.2 Å². The van der Waals surface area contributed by atoms with Gasteiger partial charge in [0.25, 0.3) is 5.91 Å². The predicted molar refractivity (Wildman–Crippen MR) is 80.8 cm³/mol. The number of rotatable bonds is 5. The molecule has 0 saturated heterocycles. The van der Waals surface area contributed by atoms with Crippen LogP contribution in [0.3, 0.4) is 0 Å². The summed E-state index contributed by atoms with van der Waals surface area (Å²) in [5.41, 5.74) is 6.68. The highest BCUT2D eigenvalue weighted by atomic mass is 35.5. The first-order chi connectivity index (χ1) is 10.1. The monoisotopic (exact) mass is 307 g/mol. The van der Waals surface area contributed by atoms with Crippen LogP contribution in [-0.4, -0.2) is 24.6 Å². The summed E-state index contributed by atoms with van der Waals surface area (Å²) in [4.78, 5) is 15.7. The maximum absolute atomic E-state index is 11.9. The van der Waals surface area contributed by atoms with Crippen LogP contribution in [0.4, 0.5) is 11.4 Å². The fourth-order valence-corrected chi connectivity index (χ4v) is 1.79. The maximum atomic E-state index is 11.9. The van der Waals surface area contributed by atoms with Crippen molar-refractivity contribution in [2.45, 2.75) is 0 Å². The molecule has 21 heavy (non-hydrogen) atoms. The Morgan fingerprint density at radius 1 is 1.38 bits per heavy atom. The van der Waals surface area contributed by atoms with Crippen molar-refractivity contribution in [2.24, 2.45) is 0 Å². The lowest BCUT2D eigenvalue weighted by molar-refractivity contribution is -0.118. The van der Waals surface area contributed by atoms with Crippen molar-refractivity contribution >= 4 is 28.9 Å². The van der Waals surface area contributed by atoms with Crippen LogP contribution in [0.15, 0.2) is 36.7 Å². The van der Waals surface area contributed by atoms with Gasteiger partial charge >= 0.3 is 0 Å². The van der Waals surface area contributed by atoms with Gasteiger partial charge in [0.15, 0.2) is 6.61 Å². The topological polar surface area (TPSA) is 86.5 Å². The fourth-order valence-electron chi connectivity index (χ4n) is 1.63. The number of pyridine rings is 1. The minimum absolute atomic E-state index is 0.181. The van der Waals surface area contributed by atoms with Crippen LogP contribution in [0, 0.1) is 0 Å². The smallest absolute Gasteiger partial charge is 0.262 e. The Morgan fingerprint density at radius 3 is 2.90 bits per heavy atom. The highest BCUT2D eigenvalue weighted by Gasteiger charge is 2.09. The lowest BCUT2D eigenvalue weighted by Crippen LogP contribution is -2.20. The number of hydrogen-bond donors (Lipinski definition) is 2.